The Balaban J connectivity index is 1.90. The highest BCUT2D eigenvalue weighted by molar-refractivity contribution is 5.87. The topological polar surface area (TPSA) is 84.7 Å². The van der Waals surface area contributed by atoms with Gasteiger partial charge in [-0.3, -0.25) is 10.3 Å². The molecule has 0 unspecified atom stereocenters. The maximum atomic E-state index is 12.4. The number of aromatic nitrogens is 4. The summed E-state index contributed by atoms with van der Waals surface area (Å²) >= 11 is 0. The van der Waals surface area contributed by atoms with Crippen LogP contribution >= 0.6 is 0 Å². The van der Waals surface area contributed by atoms with Crippen LogP contribution in [0.3, 0.4) is 0 Å². The lowest BCUT2D eigenvalue weighted by atomic mass is 10.2. The number of halogens is 3. The first-order chi connectivity index (χ1) is 11.2. The molecule has 0 atom stereocenters. The Morgan fingerprint density at radius 1 is 1.33 bits per heavy atom. The van der Waals surface area contributed by atoms with E-state index >= 15 is 0 Å². The van der Waals surface area contributed by atoms with Crippen LogP contribution < -0.4 is 10.6 Å². The zero-order valence-corrected chi connectivity index (χ0v) is 13.3. The molecular formula is C14H17F3N6O. The molecule has 0 saturated heterocycles. The first kappa shape index (κ1) is 17.7. The second kappa shape index (κ2) is 6.85. The van der Waals surface area contributed by atoms with Gasteiger partial charge in [-0.15, -0.1) is 5.10 Å². The molecule has 0 spiro atoms. The maximum absolute atomic E-state index is 12.4. The van der Waals surface area contributed by atoms with Crippen molar-refractivity contribution in [1.82, 2.24) is 25.1 Å². The highest BCUT2D eigenvalue weighted by atomic mass is 19.4. The molecule has 0 aromatic carbocycles. The Labute approximate surface area is 136 Å². The summed E-state index contributed by atoms with van der Waals surface area (Å²) in [6.45, 7) is 5.66. The van der Waals surface area contributed by atoms with Crippen molar-refractivity contribution in [3.63, 3.8) is 0 Å². The molecule has 0 aliphatic rings. The van der Waals surface area contributed by atoms with Gasteiger partial charge in [-0.2, -0.15) is 18.2 Å². The maximum Gasteiger partial charge on any atom is 0.433 e. The predicted molar refractivity (Wildman–Crippen MR) is 80.2 cm³/mol. The van der Waals surface area contributed by atoms with Crippen molar-refractivity contribution in [2.75, 3.05) is 5.32 Å². The van der Waals surface area contributed by atoms with E-state index in [1.165, 1.54) is 6.07 Å². The van der Waals surface area contributed by atoms with Crippen molar-refractivity contribution >= 4 is 12.0 Å². The first-order valence-corrected chi connectivity index (χ1v) is 7.17. The summed E-state index contributed by atoms with van der Waals surface area (Å²) in [4.78, 5) is 19.2. The fourth-order valence-electron chi connectivity index (χ4n) is 1.97. The molecule has 2 rings (SSSR count). The fourth-order valence-corrected chi connectivity index (χ4v) is 1.97. The lowest BCUT2D eigenvalue weighted by Crippen LogP contribution is -2.28. The molecule has 130 valence electrons. The minimum Gasteiger partial charge on any atom is -0.334 e. The third-order valence-electron chi connectivity index (χ3n) is 3.08. The summed E-state index contributed by atoms with van der Waals surface area (Å²) < 4.78 is 38.9. The third kappa shape index (κ3) is 4.43. The highest BCUT2D eigenvalue weighted by Crippen LogP contribution is 2.27. The number of carbonyl (C=O) groups excluding carboxylic acids is 1. The number of alkyl halides is 3. The van der Waals surface area contributed by atoms with Crippen LogP contribution in [-0.2, 0) is 12.7 Å². The van der Waals surface area contributed by atoms with E-state index in [1.54, 1.807) is 11.6 Å². The molecule has 2 aromatic heterocycles. The molecular weight excluding hydrogens is 325 g/mol. The van der Waals surface area contributed by atoms with E-state index in [2.05, 4.69) is 25.7 Å². The summed E-state index contributed by atoms with van der Waals surface area (Å²) in [5, 5.41) is 9.11. The monoisotopic (exact) mass is 342 g/mol. The Bertz CT molecular complexity index is 708. The van der Waals surface area contributed by atoms with Crippen molar-refractivity contribution in [3.8, 4) is 0 Å². The van der Waals surface area contributed by atoms with E-state index in [9.17, 15) is 18.0 Å². The molecule has 0 fully saturated rings. The lowest BCUT2D eigenvalue weighted by Gasteiger charge is -2.08. The van der Waals surface area contributed by atoms with Gasteiger partial charge in [-0.1, -0.05) is 6.07 Å². The number of hydrogen-bond acceptors (Lipinski definition) is 4. The summed E-state index contributed by atoms with van der Waals surface area (Å²) in [7, 11) is 0. The zero-order valence-electron chi connectivity index (χ0n) is 13.3. The van der Waals surface area contributed by atoms with Crippen molar-refractivity contribution in [2.24, 2.45) is 0 Å². The summed E-state index contributed by atoms with van der Waals surface area (Å²) in [6.07, 6.45) is -3.42. The smallest absolute Gasteiger partial charge is 0.334 e. The Hall–Kier alpha value is -2.65. The number of anilines is 1. The molecule has 0 radical (unpaired) electrons. The second-order valence-electron chi connectivity index (χ2n) is 5.38. The molecule has 0 bridgehead atoms. The zero-order chi connectivity index (χ0) is 17.9. The van der Waals surface area contributed by atoms with Crippen LogP contribution in [0.5, 0.6) is 0 Å². The molecule has 0 aliphatic carbocycles. The molecule has 2 amide bonds. The number of rotatable bonds is 4. The number of urea groups is 1. The van der Waals surface area contributed by atoms with Gasteiger partial charge in [0.1, 0.15) is 11.5 Å². The standard InChI is InChI=1S/C14H17F3N6O/c1-8(2)23-9(3)20-12(22-23)21-13(24)19-7-10-4-5-11(18-6-10)14(15,16)17/h4-6,8H,7H2,1-3H3,(H2,19,21,22,24). The minimum atomic E-state index is -4.48. The Kier molecular flexibility index (Phi) is 5.05. The summed E-state index contributed by atoms with van der Waals surface area (Å²) in [5.41, 5.74) is -0.537. The first-order valence-electron chi connectivity index (χ1n) is 7.17. The quantitative estimate of drug-likeness (QED) is 0.895. The fraction of sp³-hybridized carbons (Fsp3) is 0.429. The van der Waals surface area contributed by atoms with E-state index < -0.39 is 17.9 Å². The molecule has 10 heteroatoms. The molecule has 7 nitrogen and oxygen atoms in total. The van der Waals surface area contributed by atoms with Gasteiger partial charge in [0.05, 0.1) is 0 Å². The van der Waals surface area contributed by atoms with Crippen molar-refractivity contribution in [3.05, 3.63) is 35.4 Å². The minimum absolute atomic E-state index is 0.0286. The van der Waals surface area contributed by atoms with Gasteiger partial charge in [0.25, 0.3) is 0 Å². The lowest BCUT2D eigenvalue weighted by molar-refractivity contribution is -0.141. The largest absolute Gasteiger partial charge is 0.433 e. The van der Waals surface area contributed by atoms with E-state index in [0.717, 1.165) is 12.3 Å². The molecule has 2 aromatic rings. The van der Waals surface area contributed by atoms with Crippen LogP contribution in [0.4, 0.5) is 23.9 Å². The number of carbonyl (C=O) groups is 1. The Morgan fingerprint density at radius 2 is 2.04 bits per heavy atom. The van der Waals surface area contributed by atoms with Gasteiger partial charge in [-0.05, 0) is 32.4 Å². The summed E-state index contributed by atoms with van der Waals surface area (Å²) in [5.74, 6) is 0.816. The van der Waals surface area contributed by atoms with Crippen LogP contribution in [-0.4, -0.2) is 25.8 Å². The van der Waals surface area contributed by atoms with Crippen LogP contribution in [0.2, 0.25) is 0 Å². The normalized spacial score (nSPS) is 11.6. The Morgan fingerprint density at radius 3 is 2.54 bits per heavy atom. The molecule has 0 aliphatic heterocycles. The van der Waals surface area contributed by atoms with E-state index in [4.69, 9.17) is 0 Å². The molecule has 2 N–H and O–H groups in total. The van der Waals surface area contributed by atoms with E-state index in [1.807, 2.05) is 13.8 Å². The number of hydrogen-bond donors (Lipinski definition) is 2. The van der Waals surface area contributed by atoms with Crippen LogP contribution in [0.1, 0.15) is 37.0 Å². The van der Waals surface area contributed by atoms with Gasteiger partial charge in [-0.25, -0.2) is 9.48 Å². The average molecular weight is 342 g/mol. The second-order valence-corrected chi connectivity index (χ2v) is 5.38. The third-order valence-corrected chi connectivity index (χ3v) is 3.08. The molecule has 24 heavy (non-hydrogen) atoms. The van der Waals surface area contributed by atoms with Crippen molar-refractivity contribution < 1.29 is 18.0 Å². The molecule has 0 saturated carbocycles. The van der Waals surface area contributed by atoms with Crippen molar-refractivity contribution in [2.45, 2.75) is 39.5 Å². The predicted octanol–water partition coefficient (Wildman–Crippen LogP) is 2.90. The molecule has 2 heterocycles. The van der Waals surface area contributed by atoms with Gasteiger partial charge >= 0.3 is 12.2 Å². The summed E-state index contributed by atoms with van der Waals surface area (Å²) in [6, 6.07) is 1.67. The average Bonchev–Trinajstić information content (AvgIpc) is 2.85. The van der Waals surface area contributed by atoms with Gasteiger partial charge in [0.2, 0.25) is 5.95 Å². The number of pyridine rings is 1. The van der Waals surface area contributed by atoms with Crippen molar-refractivity contribution in [1.29, 1.82) is 0 Å². The number of amides is 2. The van der Waals surface area contributed by atoms with Crippen LogP contribution in [0.15, 0.2) is 18.3 Å². The number of nitrogens with one attached hydrogen (secondary N) is 2. The number of aryl methyl sites for hydroxylation is 1. The van der Waals surface area contributed by atoms with Crippen LogP contribution in [0, 0.1) is 6.92 Å². The van der Waals surface area contributed by atoms with Crippen LogP contribution in [0.25, 0.3) is 0 Å². The van der Waals surface area contributed by atoms with Gasteiger partial charge < -0.3 is 5.32 Å². The highest BCUT2D eigenvalue weighted by Gasteiger charge is 2.31. The number of nitrogens with zero attached hydrogens (tertiary/aromatic N) is 4. The van der Waals surface area contributed by atoms with Gasteiger partial charge in [0, 0.05) is 18.8 Å². The van der Waals surface area contributed by atoms with E-state index in [-0.39, 0.29) is 18.5 Å². The van der Waals surface area contributed by atoms with E-state index in [0.29, 0.717) is 11.4 Å². The SMILES string of the molecule is Cc1nc(NC(=O)NCc2ccc(C(F)(F)F)nc2)nn1C(C)C. The van der Waals surface area contributed by atoms with Gasteiger partial charge in [0.15, 0.2) is 0 Å².